The molecule has 0 amide bonds. The molecule has 0 fully saturated rings. The van der Waals surface area contributed by atoms with Crippen molar-refractivity contribution in [2.45, 2.75) is 18.7 Å². The second kappa shape index (κ2) is 9.16. The number of anilines is 1. The number of carbonyl (C=O) groups is 1. The van der Waals surface area contributed by atoms with Crippen molar-refractivity contribution in [3.05, 3.63) is 47.0 Å². The van der Waals surface area contributed by atoms with Gasteiger partial charge in [-0.1, -0.05) is 11.6 Å². The Hall–Kier alpha value is -2.45. The summed E-state index contributed by atoms with van der Waals surface area (Å²) in [5, 5.41) is 0.108. The van der Waals surface area contributed by atoms with Gasteiger partial charge in [0.25, 0.3) is 10.0 Å². The Labute approximate surface area is 169 Å². The molecule has 2 aromatic rings. The van der Waals surface area contributed by atoms with Crippen molar-refractivity contribution in [3.63, 3.8) is 0 Å². The van der Waals surface area contributed by atoms with Gasteiger partial charge in [0, 0.05) is 12.6 Å². The van der Waals surface area contributed by atoms with Crippen LogP contribution in [0.2, 0.25) is 5.02 Å². The van der Waals surface area contributed by atoms with Gasteiger partial charge in [0.15, 0.2) is 11.5 Å². The summed E-state index contributed by atoms with van der Waals surface area (Å²) in [6.07, 6.45) is 0. The van der Waals surface area contributed by atoms with Crippen LogP contribution >= 0.6 is 11.6 Å². The maximum absolute atomic E-state index is 13.2. The molecule has 152 valence electrons. The van der Waals surface area contributed by atoms with Gasteiger partial charge in [-0.3, -0.25) is 4.31 Å². The highest BCUT2D eigenvalue weighted by molar-refractivity contribution is 7.92. The molecule has 0 heterocycles. The molecule has 0 aliphatic heterocycles. The lowest BCUT2D eigenvalue weighted by atomic mass is 10.2. The number of halogens is 1. The molecule has 0 aliphatic carbocycles. The number of rotatable bonds is 8. The van der Waals surface area contributed by atoms with Gasteiger partial charge in [-0.15, -0.1) is 0 Å². The molecule has 0 radical (unpaired) electrons. The van der Waals surface area contributed by atoms with Gasteiger partial charge in [-0.25, -0.2) is 13.2 Å². The maximum Gasteiger partial charge on any atom is 0.339 e. The van der Waals surface area contributed by atoms with Crippen molar-refractivity contribution in [3.8, 4) is 11.5 Å². The zero-order valence-corrected chi connectivity index (χ0v) is 17.6. The molecule has 0 saturated heterocycles. The van der Waals surface area contributed by atoms with Crippen LogP contribution in [-0.2, 0) is 14.8 Å². The van der Waals surface area contributed by atoms with Crippen molar-refractivity contribution in [2.24, 2.45) is 0 Å². The normalized spacial score (nSPS) is 11.0. The van der Waals surface area contributed by atoms with Gasteiger partial charge in [-0.2, -0.15) is 0 Å². The van der Waals surface area contributed by atoms with Crippen molar-refractivity contribution >= 4 is 33.3 Å². The molecule has 0 atom stereocenters. The minimum Gasteiger partial charge on any atom is -0.493 e. The van der Waals surface area contributed by atoms with E-state index in [0.717, 1.165) is 0 Å². The average Bonchev–Trinajstić information content (AvgIpc) is 2.67. The second-order valence-electron chi connectivity index (χ2n) is 5.57. The van der Waals surface area contributed by atoms with E-state index in [-0.39, 0.29) is 28.6 Å². The monoisotopic (exact) mass is 427 g/mol. The highest BCUT2D eigenvalue weighted by atomic mass is 35.5. The molecule has 0 spiro atoms. The molecule has 0 aliphatic rings. The first-order valence-corrected chi connectivity index (χ1v) is 10.3. The highest BCUT2D eigenvalue weighted by Crippen LogP contribution is 2.33. The Morgan fingerprint density at radius 1 is 1.04 bits per heavy atom. The Balaban J connectivity index is 2.46. The average molecular weight is 428 g/mol. The number of nitrogens with zero attached hydrogens (tertiary/aromatic N) is 1. The third-order valence-electron chi connectivity index (χ3n) is 3.97. The van der Waals surface area contributed by atoms with Gasteiger partial charge < -0.3 is 14.2 Å². The van der Waals surface area contributed by atoms with E-state index in [9.17, 15) is 13.2 Å². The molecule has 0 aromatic heterocycles. The van der Waals surface area contributed by atoms with E-state index >= 15 is 0 Å². The summed E-state index contributed by atoms with van der Waals surface area (Å²) in [6.45, 7) is 3.76. The number of benzene rings is 2. The van der Waals surface area contributed by atoms with Crippen LogP contribution in [0.5, 0.6) is 11.5 Å². The first-order chi connectivity index (χ1) is 13.3. The fourth-order valence-electron chi connectivity index (χ4n) is 2.63. The quantitative estimate of drug-likeness (QED) is 0.597. The van der Waals surface area contributed by atoms with Crippen molar-refractivity contribution in [1.82, 2.24) is 0 Å². The number of esters is 1. The van der Waals surface area contributed by atoms with E-state index in [1.54, 1.807) is 13.8 Å². The van der Waals surface area contributed by atoms with E-state index in [1.165, 1.54) is 54.9 Å². The number of carbonyl (C=O) groups excluding carboxylic acids is 1. The zero-order chi connectivity index (χ0) is 20.9. The molecular weight excluding hydrogens is 406 g/mol. The summed E-state index contributed by atoms with van der Waals surface area (Å²) >= 11 is 6.19. The topological polar surface area (TPSA) is 82.1 Å². The standard InChI is InChI=1S/C19H22ClNO6S/c1-5-21(13-7-9-15(16(20)11-13)19(22)27-6-2)28(23,24)14-8-10-17(25-3)18(12-14)26-4/h7-12H,5-6H2,1-4H3. The van der Waals surface area contributed by atoms with Crippen LogP contribution in [0.4, 0.5) is 5.69 Å². The lowest BCUT2D eigenvalue weighted by molar-refractivity contribution is 0.0526. The van der Waals surface area contributed by atoms with Crippen LogP contribution in [0.15, 0.2) is 41.3 Å². The molecule has 7 nitrogen and oxygen atoms in total. The molecule has 28 heavy (non-hydrogen) atoms. The minimum atomic E-state index is -3.90. The van der Waals surface area contributed by atoms with Crippen molar-refractivity contribution < 1.29 is 27.4 Å². The van der Waals surface area contributed by atoms with Crippen LogP contribution < -0.4 is 13.8 Å². The smallest absolute Gasteiger partial charge is 0.339 e. The number of hydrogen-bond acceptors (Lipinski definition) is 6. The highest BCUT2D eigenvalue weighted by Gasteiger charge is 2.26. The van der Waals surface area contributed by atoms with E-state index in [1.807, 2.05) is 0 Å². The molecule has 2 aromatic carbocycles. The summed E-state index contributed by atoms with van der Waals surface area (Å²) in [5.74, 6) is 0.159. The first-order valence-electron chi connectivity index (χ1n) is 8.51. The number of hydrogen-bond donors (Lipinski definition) is 0. The van der Waals surface area contributed by atoms with Crippen LogP contribution in [-0.4, -0.2) is 41.8 Å². The van der Waals surface area contributed by atoms with E-state index < -0.39 is 16.0 Å². The SMILES string of the molecule is CCOC(=O)c1ccc(N(CC)S(=O)(=O)c2ccc(OC)c(OC)c2)cc1Cl. The minimum absolute atomic E-state index is 0.0394. The van der Waals surface area contributed by atoms with Crippen LogP contribution in [0.1, 0.15) is 24.2 Å². The first kappa shape index (κ1) is 21.8. The second-order valence-corrected chi connectivity index (χ2v) is 7.84. The lowest BCUT2D eigenvalue weighted by Gasteiger charge is -2.24. The predicted octanol–water partition coefficient (Wildman–Crippen LogP) is 3.75. The zero-order valence-electron chi connectivity index (χ0n) is 16.1. The van der Waals surface area contributed by atoms with Crippen LogP contribution in [0.3, 0.4) is 0 Å². The molecule has 0 unspecified atom stereocenters. The summed E-state index contributed by atoms with van der Waals surface area (Å²) in [4.78, 5) is 11.9. The summed E-state index contributed by atoms with van der Waals surface area (Å²) in [6, 6.07) is 8.74. The lowest BCUT2D eigenvalue weighted by Crippen LogP contribution is -2.30. The molecule has 2 rings (SSSR count). The third kappa shape index (κ3) is 4.34. The van der Waals surface area contributed by atoms with Gasteiger partial charge in [-0.05, 0) is 44.2 Å². The van der Waals surface area contributed by atoms with Crippen molar-refractivity contribution in [2.75, 3.05) is 31.7 Å². The van der Waals surface area contributed by atoms with Gasteiger partial charge in [0.1, 0.15) is 0 Å². The van der Waals surface area contributed by atoms with E-state index in [2.05, 4.69) is 0 Å². The summed E-state index contributed by atoms with van der Waals surface area (Å²) in [5.41, 5.74) is 0.502. The molecule has 0 N–H and O–H groups in total. The molecule has 0 bridgehead atoms. The fraction of sp³-hybridized carbons (Fsp3) is 0.316. The Morgan fingerprint density at radius 3 is 2.25 bits per heavy atom. The predicted molar refractivity (Wildman–Crippen MR) is 107 cm³/mol. The fourth-order valence-corrected chi connectivity index (χ4v) is 4.36. The molecular formula is C19H22ClNO6S. The molecule has 0 saturated carbocycles. The largest absolute Gasteiger partial charge is 0.493 e. The number of methoxy groups -OCH3 is 2. The number of sulfonamides is 1. The van der Waals surface area contributed by atoms with E-state index in [4.69, 9.17) is 25.8 Å². The van der Waals surface area contributed by atoms with Gasteiger partial charge >= 0.3 is 5.97 Å². The van der Waals surface area contributed by atoms with E-state index in [0.29, 0.717) is 17.2 Å². The Kier molecular flexibility index (Phi) is 7.15. The van der Waals surface area contributed by atoms with Gasteiger partial charge in [0.05, 0.1) is 42.0 Å². The summed E-state index contributed by atoms with van der Waals surface area (Å²) < 4.78 is 42.8. The Bertz CT molecular complexity index is 961. The summed E-state index contributed by atoms with van der Waals surface area (Å²) in [7, 11) is -0.999. The van der Waals surface area contributed by atoms with Crippen molar-refractivity contribution in [1.29, 1.82) is 0 Å². The molecule has 9 heteroatoms. The van der Waals surface area contributed by atoms with Crippen LogP contribution in [0.25, 0.3) is 0 Å². The van der Waals surface area contributed by atoms with Gasteiger partial charge in [0.2, 0.25) is 0 Å². The Morgan fingerprint density at radius 2 is 1.71 bits per heavy atom. The third-order valence-corrected chi connectivity index (χ3v) is 6.18. The maximum atomic E-state index is 13.2. The number of ether oxygens (including phenoxy) is 3. The van der Waals surface area contributed by atoms with Crippen LogP contribution in [0, 0.1) is 0 Å².